The molecule has 164 valence electrons. The molecule has 8 heteroatoms. The third-order valence-electron chi connectivity index (χ3n) is 5.20. The second kappa shape index (κ2) is 8.44. The molecule has 3 aromatic carbocycles. The van der Waals surface area contributed by atoms with Crippen LogP contribution in [0.15, 0.2) is 81.0 Å². The number of aromatic nitrogens is 2. The highest BCUT2D eigenvalue weighted by Gasteiger charge is 2.17. The number of fused-ring (bicyclic) bond motifs is 2. The molecule has 5 rings (SSSR count). The lowest BCUT2D eigenvalue weighted by molar-refractivity contribution is 0.354. The van der Waals surface area contributed by atoms with E-state index in [1.54, 1.807) is 62.8 Å². The summed E-state index contributed by atoms with van der Waals surface area (Å²) in [6, 6.07) is 19.6. The van der Waals surface area contributed by atoms with Gasteiger partial charge in [0.15, 0.2) is 17.3 Å². The first-order valence-corrected chi connectivity index (χ1v) is 10.4. The molecule has 5 aromatic rings. The molecule has 7 nitrogen and oxygen atoms in total. The van der Waals surface area contributed by atoms with Gasteiger partial charge in [-0.25, -0.2) is 4.98 Å². The number of furan rings is 1. The zero-order valence-corrected chi connectivity index (χ0v) is 18.5. The predicted octanol–water partition coefficient (Wildman–Crippen LogP) is 5.36. The van der Waals surface area contributed by atoms with Crippen LogP contribution < -0.4 is 15.0 Å². The predicted molar refractivity (Wildman–Crippen MR) is 129 cm³/mol. The molecule has 0 fully saturated rings. The molecule has 0 amide bonds. The maximum atomic E-state index is 13.4. The summed E-state index contributed by atoms with van der Waals surface area (Å²) in [6.45, 7) is 0. The Labute approximate surface area is 193 Å². The molecule has 0 saturated carbocycles. The lowest BCUT2D eigenvalue weighted by Gasteiger charge is -2.10. The number of halogens is 1. The zero-order valence-electron chi connectivity index (χ0n) is 17.8. The molecule has 0 spiro atoms. The fourth-order valence-electron chi connectivity index (χ4n) is 3.65. The second-order valence-corrected chi connectivity index (χ2v) is 7.63. The van der Waals surface area contributed by atoms with Crippen molar-refractivity contribution in [1.29, 1.82) is 0 Å². The van der Waals surface area contributed by atoms with Gasteiger partial charge in [-0.05, 0) is 48.5 Å². The Kier molecular flexibility index (Phi) is 5.32. The Bertz CT molecular complexity index is 1590. The average molecular weight is 460 g/mol. The van der Waals surface area contributed by atoms with Crippen LogP contribution in [0.5, 0.6) is 11.5 Å². The topological polar surface area (TPSA) is 78.9 Å². The number of hydrogen-bond donors (Lipinski definition) is 0. The van der Waals surface area contributed by atoms with E-state index in [0.717, 1.165) is 5.39 Å². The summed E-state index contributed by atoms with van der Waals surface area (Å²) in [5, 5.41) is 6.29. The van der Waals surface area contributed by atoms with Crippen molar-refractivity contribution in [2.75, 3.05) is 14.2 Å². The van der Waals surface area contributed by atoms with E-state index in [1.165, 1.54) is 10.9 Å². The molecule has 0 bridgehead atoms. The van der Waals surface area contributed by atoms with Crippen LogP contribution in [0, 0.1) is 0 Å². The highest BCUT2D eigenvalue weighted by molar-refractivity contribution is 6.31. The largest absolute Gasteiger partial charge is 0.493 e. The van der Waals surface area contributed by atoms with Gasteiger partial charge in [0.05, 0.1) is 31.3 Å². The lowest BCUT2D eigenvalue weighted by Crippen LogP contribution is -2.20. The van der Waals surface area contributed by atoms with E-state index in [-0.39, 0.29) is 11.4 Å². The fraction of sp³-hybridized carbons (Fsp3) is 0.0800. The summed E-state index contributed by atoms with van der Waals surface area (Å²) < 4.78 is 18.0. The van der Waals surface area contributed by atoms with Crippen LogP contribution in [-0.2, 0) is 0 Å². The van der Waals surface area contributed by atoms with Crippen LogP contribution in [0.4, 0.5) is 0 Å². The van der Waals surface area contributed by atoms with Crippen molar-refractivity contribution in [3.63, 3.8) is 0 Å². The monoisotopic (exact) mass is 459 g/mol. The normalized spacial score (nSPS) is 11.5. The smallest absolute Gasteiger partial charge is 0.282 e. The number of hydrogen-bond acceptors (Lipinski definition) is 6. The molecule has 2 heterocycles. The minimum atomic E-state index is -0.327. The Morgan fingerprint density at radius 1 is 1.03 bits per heavy atom. The van der Waals surface area contributed by atoms with Gasteiger partial charge in [0.2, 0.25) is 5.82 Å². The highest BCUT2D eigenvalue weighted by atomic mass is 35.5. The maximum Gasteiger partial charge on any atom is 0.282 e. The quantitative estimate of drug-likeness (QED) is 0.330. The van der Waals surface area contributed by atoms with E-state index < -0.39 is 0 Å². The summed E-state index contributed by atoms with van der Waals surface area (Å²) in [6.07, 6.45) is 1.53. The number of ether oxygens (including phenoxy) is 2. The Hall–Kier alpha value is -4.10. The Morgan fingerprint density at radius 3 is 2.70 bits per heavy atom. The first-order valence-electron chi connectivity index (χ1n) is 10.1. The molecule has 0 saturated heterocycles. The molecule has 2 aromatic heterocycles. The van der Waals surface area contributed by atoms with Gasteiger partial charge in [-0.1, -0.05) is 29.8 Å². The molecular weight excluding hydrogens is 442 g/mol. The van der Waals surface area contributed by atoms with Gasteiger partial charge in [-0.15, -0.1) is 0 Å². The number of rotatable bonds is 5. The Morgan fingerprint density at radius 2 is 1.88 bits per heavy atom. The standard InChI is InChI=1S/C25H18ClN3O4/c1-31-21-9-5-6-15(23(21)32-2)14-27-29-24(28-19-8-4-3-7-18(19)25(29)30)22-13-16-12-17(26)10-11-20(16)33-22/h3-14H,1-2H3. The van der Waals surface area contributed by atoms with Crippen molar-refractivity contribution in [2.24, 2.45) is 5.10 Å². The van der Waals surface area contributed by atoms with Gasteiger partial charge in [-0.2, -0.15) is 9.78 Å². The molecule has 0 aliphatic carbocycles. The van der Waals surface area contributed by atoms with E-state index >= 15 is 0 Å². The van der Waals surface area contributed by atoms with Crippen molar-refractivity contribution >= 4 is 39.7 Å². The van der Waals surface area contributed by atoms with Crippen molar-refractivity contribution in [3.8, 4) is 23.1 Å². The van der Waals surface area contributed by atoms with Crippen LogP contribution in [0.3, 0.4) is 0 Å². The van der Waals surface area contributed by atoms with E-state index in [1.807, 2.05) is 18.2 Å². The minimum absolute atomic E-state index is 0.268. The Balaban J connectivity index is 1.73. The van der Waals surface area contributed by atoms with Gasteiger partial charge < -0.3 is 13.9 Å². The summed E-state index contributed by atoms with van der Waals surface area (Å²) in [4.78, 5) is 18.1. The first kappa shape index (κ1) is 20.8. The van der Waals surface area contributed by atoms with Crippen LogP contribution in [0.1, 0.15) is 5.56 Å². The summed E-state index contributed by atoms with van der Waals surface area (Å²) in [7, 11) is 3.10. The van der Waals surface area contributed by atoms with Crippen LogP contribution >= 0.6 is 11.6 Å². The zero-order chi connectivity index (χ0) is 22.9. The third-order valence-corrected chi connectivity index (χ3v) is 5.43. The van der Waals surface area contributed by atoms with Gasteiger partial charge in [0, 0.05) is 16.0 Å². The molecule has 0 unspecified atom stereocenters. The summed E-state index contributed by atoms with van der Waals surface area (Å²) in [5.41, 5.74) is 1.48. The number of para-hydroxylation sites is 2. The van der Waals surface area contributed by atoms with Gasteiger partial charge >= 0.3 is 0 Å². The molecule has 33 heavy (non-hydrogen) atoms. The van der Waals surface area contributed by atoms with E-state index in [0.29, 0.717) is 44.3 Å². The van der Waals surface area contributed by atoms with Crippen LogP contribution in [-0.4, -0.2) is 30.1 Å². The van der Waals surface area contributed by atoms with E-state index in [9.17, 15) is 4.79 Å². The second-order valence-electron chi connectivity index (χ2n) is 7.19. The molecule has 0 aliphatic rings. The third kappa shape index (κ3) is 3.72. The van der Waals surface area contributed by atoms with Crippen molar-refractivity contribution in [2.45, 2.75) is 0 Å². The number of benzene rings is 3. The first-order chi connectivity index (χ1) is 16.1. The molecule has 0 atom stereocenters. The summed E-state index contributed by atoms with van der Waals surface area (Å²) >= 11 is 6.12. The molecule has 0 aliphatic heterocycles. The highest BCUT2D eigenvalue weighted by Crippen LogP contribution is 2.31. The van der Waals surface area contributed by atoms with Crippen LogP contribution in [0.2, 0.25) is 5.02 Å². The SMILES string of the molecule is COc1cccc(C=Nn2c(-c3cc4cc(Cl)ccc4o3)nc3ccccc3c2=O)c1OC. The van der Waals surface area contributed by atoms with Crippen molar-refractivity contribution in [1.82, 2.24) is 9.66 Å². The number of methoxy groups -OCH3 is 2. The molecular formula is C25H18ClN3O4. The molecule has 0 N–H and O–H groups in total. The van der Waals surface area contributed by atoms with E-state index in [4.69, 9.17) is 25.5 Å². The lowest BCUT2D eigenvalue weighted by atomic mass is 10.2. The van der Waals surface area contributed by atoms with Gasteiger partial charge in [0.25, 0.3) is 5.56 Å². The van der Waals surface area contributed by atoms with Gasteiger partial charge in [0.1, 0.15) is 5.58 Å². The summed E-state index contributed by atoms with van der Waals surface area (Å²) in [5.74, 6) is 1.72. The average Bonchev–Trinajstić information content (AvgIpc) is 3.26. The molecule has 0 radical (unpaired) electrons. The van der Waals surface area contributed by atoms with Crippen LogP contribution in [0.25, 0.3) is 33.5 Å². The van der Waals surface area contributed by atoms with E-state index in [2.05, 4.69) is 10.1 Å². The minimum Gasteiger partial charge on any atom is -0.493 e. The van der Waals surface area contributed by atoms with Crippen molar-refractivity contribution in [3.05, 3.63) is 87.7 Å². The van der Waals surface area contributed by atoms with Crippen molar-refractivity contribution < 1.29 is 13.9 Å². The van der Waals surface area contributed by atoms with Gasteiger partial charge in [-0.3, -0.25) is 4.79 Å². The fourth-order valence-corrected chi connectivity index (χ4v) is 3.83. The maximum absolute atomic E-state index is 13.4. The number of nitrogens with zero attached hydrogens (tertiary/aromatic N) is 3.